The number of nitrogens with one attached hydrogen (secondary N) is 1. The van der Waals surface area contributed by atoms with E-state index < -0.39 is 0 Å². The summed E-state index contributed by atoms with van der Waals surface area (Å²) in [4.78, 5) is 15.2. The van der Waals surface area contributed by atoms with Gasteiger partial charge in [-0.3, -0.25) is 4.79 Å². The number of fused-ring (bicyclic) bond motifs is 2. The maximum atomic E-state index is 12.7. The number of rotatable bonds is 3. The SMILES string of the molecule is CN1C[C@H](CC(=O)NC2CCCCC2)C[C@@H]2c3cccc4c3c(cn4C)C[C@H]21. The van der Waals surface area contributed by atoms with Gasteiger partial charge in [0, 0.05) is 55.1 Å². The summed E-state index contributed by atoms with van der Waals surface area (Å²) < 4.78 is 2.28. The standard InChI is InChI=1S/C24H33N3O/c1-26-14-16(12-23(28)25-18-7-4-3-5-8-18)11-20-19-9-6-10-21-24(19)17(13-22(20)26)15-27(21)2/h6,9-10,15-16,18,20,22H,3-5,7-8,11-14H2,1-2H3,(H,25,28)/t16-,20+,22+/m0/s1. The molecule has 1 N–H and O–H groups in total. The normalized spacial score (nSPS) is 28.3. The monoisotopic (exact) mass is 379 g/mol. The van der Waals surface area contributed by atoms with Gasteiger partial charge >= 0.3 is 0 Å². The zero-order chi connectivity index (χ0) is 19.3. The van der Waals surface area contributed by atoms with E-state index in [2.05, 4.69) is 53.3 Å². The van der Waals surface area contributed by atoms with E-state index in [9.17, 15) is 4.79 Å². The number of carbonyl (C=O) groups excluding carboxylic acids is 1. The van der Waals surface area contributed by atoms with E-state index in [1.807, 2.05) is 0 Å². The fourth-order valence-corrected chi connectivity index (χ4v) is 6.27. The molecule has 1 amide bonds. The highest BCUT2D eigenvalue weighted by atomic mass is 16.1. The summed E-state index contributed by atoms with van der Waals surface area (Å²) >= 11 is 0. The molecule has 1 aliphatic heterocycles. The Hall–Kier alpha value is -1.81. The third kappa shape index (κ3) is 3.16. The van der Waals surface area contributed by atoms with E-state index in [1.54, 1.807) is 0 Å². The van der Waals surface area contributed by atoms with Crippen LogP contribution in [0.1, 0.15) is 62.0 Å². The van der Waals surface area contributed by atoms with Crippen molar-refractivity contribution in [3.8, 4) is 0 Å². The van der Waals surface area contributed by atoms with Crippen LogP contribution in [0.15, 0.2) is 24.4 Å². The summed E-state index contributed by atoms with van der Waals surface area (Å²) in [6, 6.07) is 7.78. The third-order valence-electron chi connectivity index (χ3n) is 7.56. The molecule has 0 unspecified atom stereocenters. The molecule has 150 valence electrons. The summed E-state index contributed by atoms with van der Waals surface area (Å²) in [6.07, 6.45) is 11.5. The first-order valence-corrected chi connectivity index (χ1v) is 11.2. The summed E-state index contributed by atoms with van der Waals surface area (Å²) in [7, 11) is 4.42. The number of aromatic nitrogens is 1. The lowest BCUT2D eigenvalue weighted by molar-refractivity contribution is -0.123. The van der Waals surface area contributed by atoms with E-state index in [0.29, 0.717) is 30.3 Å². The minimum absolute atomic E-state index is 0.276. The highest BCUT2D eigenvalue weighted by Gasteiger charge is 2.40. The van der Waals surface area contributed by atoms with Crippen molar-refractivity contribution >= 4 is 16.8 Å². The van der Waals surface area contributed by atoms with Crippen molar-refractivity contribution < 1.29 is 4.79 Å². The number of hydrogen-bond donors (Lipinski definition) is 1. The molecule has 2 aliphatic carbocycles. The fourth-order valence-electron chi connectivity index (χ4n) is 6.27. The first-order chi connectivity index (χ1) is 13.6. The molecule has 5 rings (SSSR count). The summed E-state index contributed by atoms with van der Waals surface area (Å²) in [5.74, 6) is 1.28. The van der Waals surface area contributed by atoms with Crippen LogP contribution >= 0.6 is 0 Å². The molecule has 4 nitrogen and oxygen atoms in total. The Morgan fingerprint density at radius 3 is 2.82 bits per heavy atom. The van der Waals surface area contributed by atoms with Crippen molar-refractivity contribution in [2.75, 3.05) is 13.6 Å². The van der Waals surface area contributed by atoms with Crippen molar-refractivity contribution in [2.24, 2.45) is 13.0 Å². The van der Waals surface area contributed by atoms with E-state index in [-0.39, 0.29) is 5.91 Å². The minimum Gasteiger partial charge on any atom is -0.353 e. The molecule has 2 heterocycles. The molecule has 0 bridgehead atoms. The number of aryl methyl sites for hydroxylation is 1. The smallest absolute Gasteiger partial charge is 0.220 e. The molecule has 0 spiro atoms. The van der Waals surface area contributed by atoms with E-state index in [4.69, 9.17) is 0 Å². The zero-order valence-electron chi connectivity index (χ0n) is 17.3. The number of nitrogens with zero attached hydrogens (tertiary/aromatic N) is 2. The minimum atomic E-state index is 0.276. The van der Waals surface area contributed by atoms with Crippen molar-refractivity contribution in [1.82, 2.24) is 14.8 Å². The molecule has 2 fully saturated rings. The lowest BCUT2D eigenvalue weighted by atomic mass is 9.72. The van der Waals surface area contributed by atoms with Gasteiger partial charge in [-0.1, -0.05) is 31.4 Å². The largest absolute Gasteiger partial charge is 0.353 e. The van der Waals surface area contributed by atoms with Gasteiger partial charge in [-0.15, -0.1) is 0 Å². The Morgan fingerprint density at radius 1 is 1.18 bits per heavy atom. The van der Waals surface area contributed by atoms with Gasteiger partial charge in [-0.25, -0.2) is 0 Å². The summed E-state index contributed by atoms with van der Waals surface area (Å²) in [5.41, 5.74) is 4.36. The van der Waals surface area contributed by atoms with Gasteiger partial charge in [0.15, 0.2) is 0 Å². The molecule has 1 saturated heterocycles. The van der Waals surface area contributed by atoms with Crippen LogP contribution < -0.4 is 5.32 Å². The van der Waals surface area contributed by atoms with Gasteiger partial charge in [0.25, 0.3) is 0 Å². The van der Waals surface area contributed by atoms with Crippen molar-refractivity contribution in [1.29, 1.82) is 0 Å². The van der Waals surface area contributed by atoms with Crippen molar-refractivity contribution in [3.05, 3.63) is 35.5 Å². The van der Waals surface area contributed by atoms with Crippen LogP contribution in [-0.2, 0) is 18.3 Å². The molecule has 1 saturated carbocycles. The molecule has 4 heteroatoms. The second kappa shape index (κ2) is 7.22. The van der Waals surface area contributed by atoms with Crippen LogP contribution in [0.5, 0.6) is 0 Å². The van der Waals surface area contributed by atoms with Crippen LogP contribution in [0.4, 0.5) is 0 Å². The number of piperidine rings is 1. The summed E-state index contributed by atoms with van der Waals surface area (Å²) in [6.45, 7) is 1.04. The maximum absolute atomic E-state index is 12.7. The second-order valence-electron chi connectivity index (χ2n) is 9.53. The van der Waals surface area contributed by atoms with E-state index in [0.717, 1.165) is 19.4 Å². The number of carbonyl (C=O) groups is 1. The van der Waals surface area contributed by atoms with Gasteiger partial charge in [-0.05, 0) is 55.8 Å². The van der Waals surface area contributed by atoms with Crippen LogP contribution in [0, 0.1) is 5.92 Å². The molecule has 28 heavy (non-hydrogen) atoms. The highest BCUT2D eigenvalue weighted by molar-refractivity contribution is 5.89. The van der Waals surface area contributed by atoms with Crippen LogP contribution in [0.2, 0.25) is 0 Å². The molecular weight excluding hydrogens is 346 g/mol. The van der Waals surface area contributed by atoms with Gasteiger partial charge in [0.05, 0.1) is 0 Å². The number of likely N-dealkylation sites (tertiary alicyclic amines) is 1. The Labute approximate surface area is 168 Å². The average Bonchev–Trinajstić information content (AvgIpc) is 3.00. The lowest BCUT2D eigenvalue weighted by Crippen LogP contribution is -2.49. The first kappa shape index (κ1) is 18.2. The predicted molar refractivity (Wildman–Crippen MR) is 114 cm³/mol. The van der Waals surface area contributed by atoms with E-state index >= 15 is 0 Å². The Balaban J connectivity index is 1.34. The Morgan fingerprint density at radius 2 is 2.00 bits per heavy atom. The topological polar surface area (TPSA) is 37.3 Å². The Kier molecular flexibility index (Phi) is 4.70. The number of likely N-dealkylation sites (N-methyl/N-ethyl adjacent to an activating group) is 1. The van der Waals surface area contributed by atoms with Crippen LogP contribution in [-0.4, -0.2) is 41.1 Å². The quantitative estimate of drug-likeness (QED) is 0.876. The fraction of sp³-hybridized carbons (Fsp3) is 0.625. The van der Waals surface area contributed by atoms with Crippen molar-refractivity contribution in [2.45, 2.75) is 69.4 Å². The molecule has 0 radical (unpaired) electrons. The second-order valence-corrected chi connectivity index (χ2v) is 9.53. The molecule has 3 atom stereocenters. The highest BCUT2D eigenvalue weighted by Crippen LogP contribution is 2.45. The number of hydrogen-bond acceptors (Lipinski definition) is 2. The average molecular weight is 380 g/mol. The zero-order valence-corrected chi connectivity index (χ0v) is 17.3. The maximum Gasteiger partial charge on any atom is 0.220 e. The third-order valence-corrected chi connectivity index (χ3v) is 7.56. The summed E-state index contributed by atoms with van der Waals surface area (Å²) in [5, 5.41) is 4.81. The molecule has 3 aliphatic rings. The van der Waals surface area contributed by atoms with E-state index in [1.165, 1.54) is 54.1 Å². The molecule has 1 aromatic heterocycles. The van der Waals surface area contributed by atoms with Gasteiger partial charge in [-0.2, -0.15) is 0 Å². The number of benzene rings is 1. The Bertz CT molecular complexity index is 879. The van der Waals surface area contributed by atoms with Gasteiger partial charge in [0.1, 0.15) is 0 Å². The van der Waals surface area contributed by atoms with Gasteiger partial charge < -0.3 is 14.8 Å². The predicted octanol–water partition coefficient (Wildman–Crippen LogP) is 3.98. The van der Waals surface area contributed by atoms with Crippen LogP contribution in [0.3, 0.4) is 0 Å². The van der Waals surface area contributed by atoms with Crippen molar-refractivity contribution in [3.63, 3.8) is 0 Å². The lowest BCUT2D eigenvalue weighted by Gasteiger charge is -2.45. The van der Waals surface area contributed by atoms with Gasteiger partial charge in [0.2, 0.25) is 5.91 Å². The number of amides is 1. The molecule has 1 aromatic carbocycles. The first-order valence-electron chi connectivity index (χ1n) is 11.2. The molecular formula is C24H33N3O. The molecule has 2 aromatic rings. The van der Waals surface area contributed by atoms with Crippen LogP contribution in [0.25, 0.3) is 10.9 Å².